The van der Waals surface area contributed by atoms with Crippen molar-refractivity contribution in [1.82, 2.24) is 20.2 Å². The zero-order chi connectivity index (χ0) is 25.3. The monoisotopic (exact) mass is 491 g/mol. The highest BCUT2D eigenvalue weighted by Gasteiger charge is 2.38. The SMILES string of the molecule is C=C=C(CCCCC)NCc1ccc(Cn2c(CCCC)nc3c2[C@H]2CCCOCC2NC3N)cc1. The minimum absolute atomic E-state index is 0.234. The van der Waals surface area contributed by atoms with Crippen LogP contribution in [0.1, 0.15) is 106 Å². The molecule has 1 saturated heterocycles. The Kier molecular flexibility index (Phi) is 9.82. The maximum absolute atomic E-state index is 6.57. The summed E-state index contributed by atoms with van der Waals surface area (Å²) in [7, 11) is 0. The third-order valence-corrected chi connectivity index (χ3v) is 7.61. The number of fused-ring (bicyclic) bond motifs is 3. The van der Waals surface area contributed by atoms with E-state index in [1.807, 2.05) is 0 Å². The average molecular weight is 492 g/mol. The summed E-state index contributed by atoms with van der Waals surface area (Å²) in [5.74, 6) is 1.56. The maximum Gasteiger partial charge on any atom is 0.109 e. The van der Waals surface area contributed by atoms with Crippen LogP contribution in [0.4, 0.5) is 0 Å². The van der Waals surface area contributed by atoms with Gasteiger partial charge in [0.05, 0.1) is 18.0 Å². The van der Waals surface area contributed by atoms with Gasteiger partial charge < -0.3 is 20.4 Å². The molecule has 0 bridgehead atoms. The number of nitrogens with one attached hydrogen (secondary N) is 2. The average Bonchev–Trinajstić information content (AvgIpc) is 3.08. The number of benzene rings is 1. The molecule has 0 spiro atoms. The number of ether oxygens (including phenoxy) is 1. The van der Waals surface area contributed by atoms with E-state index in [2.05, 4.69) is 65.6 Å². The van der Waals surface area contributed by atoms with Crippen molar-refractivity contribution in [3.05, 3.63) is 70.6 Å². The van der Waals surface area contributed by atoms with Crippen molar-refractivity contribution < 1.29 is 4.74 Å². The summed E-state index contributed by atoms with van der Waals surface area (Å²) < 4.78 is 8.36. The van der Waals surface area contributed by atoms with Crippen molar-refractivity contribution in [2.45, 2.75) is 103 Å². The lowest BCUT2D eigenvalue weighted by Gasteiger charge is -2.35. The second-order valence-corrected chi connectivity index (χ2v) is 10.3. The molecule has 1 aromatic heterocycles. The van der Waals surface area contributed by atoms with Crippen LogP contribution in [0.25, 0.3) is 0 Å². The number of rotatable bonds is 12. The van der Waals surface area contributed by atoms with Gasteiger partial charge in [0.15, 0.2) is 0 Å². The largest absolute Gasteiger partial charge is 0.380 e. The molecule has 2 aromatic rings. The highest BCUT2D eigenvalue weighted by atomic mass is 16.5. The van der Waals surface area contributed by atoms with Gasteiger partial charge in [-0.3, -0.25) is 5.32 Å². The van der Waals surface area contributed by atoms with Crippen molar-refractivity contribution in [2.75, 3.05) is 13.2 Å². The van der Waals surface area contributed by atoms with E-state index in [-0.39, 0.29) is 12.2 Å². The van der Waals surface area contributed by atoms with Crippen molar-refractivity contribution in [3.8, 4) is 0 Å². The van der Waals surface area contributed by atoms with Gasteiger partial charge in [-0.25, -0.2) is 4.98 Å². The number of hydrogen-bond acceptors (Lipinski definition) is 5. The number of nitrogens with two attached hydrogens (primary N) is 1. The molecular formula is C30H45N5O. The van der Waals surface area contributed by atoms with Gasteiger partial charge in [0.1, 0.15) is 12.0 Å². The van der Waals surface area contributed by atoms with Crippen molar-refractivity contribution in [2.24, 2.45) is 5.73 Å². The first-order valence-corrected chi connectivity index (χ1v) is 14.0. The number of aryl methyl sites for hydroxylation is 1. The molecule has 36 heavy (non-hydrogen) atoms. The highest BCUT2D eigenvalue weighted by molar-refractivity contribution is 5.32. The molecule has 196 valence electrons. The van der Waals surface area contributed by atoms with Gasteiger partial charge in [0.25, 0.3) is 0 Å². The molecule has 1 aromatic carbocycles. The summed E-state index contributed by atoms with van der Waals surface area (Å²) in [6.45, 7) is 11.5. The van der Waals surface area contributed by atoms with Crippen LogP contribution in [0.3, 0.4) is 0 Å². The Labute approximate surface area is 217 Å². The Bertz CT molecular complexity index is 1020. The summed E-state index contributed by atoms with van der Waals surface area (Å²) in [5, 5.41) is 7.10. The molecular weight excluding hydrogens is 446 g/mol. The van der Waals surface area contributed by atoms with Crippen LogP contribution in [0.5, 0.6) is 0 Å². The number of nitrogens with zero attached hydrogens (tertiary/aromatic N) is 2. The van der Waals surface area contributed by atoms with Gasteiger partial charge in [0, 0.05) is 43.8 Å². The van der Waals surface area contributed by atoms with E-state index in [1.165, 1.54) is 41.9 Å². The predicted octanol–water partition coefficient (Wildman–Crippen LogP) is 5.44. The van der Waals surface area contributed by atoms with Gasteiger partial charge in [0.2, 0.25) is 0 Å². The molecule has 3 atom stereocenters. The van der Waals surface area contributed by atoms with Gasteiger partial charge >= 0.3 is 0 Å². The smallest absolute Gasteiger partial charge is 0.109 e. The van der Waals surface area contributed by atoms with E-state index in [0.29, 0.717) is 12.5 Å². The standard InChI is InChI=1S/C30H45N5O/c1-4-7-9-11-24(6-3)32-19-22-14-16-23(17-15-22)20-35-27(13-8-5-2)34-28-29(35)25-12-10-18-36-21-26(25)33-30(28)31/h14-17,25-26,30,32-33H,3-5,7-13,18-21,31H2,1-2H3/t25-,26?,30?/m0/s1. The lowest BCUT2D eigenvalue weighted by molar-refractivity contribution is 0.116. The molecule has 4 N–H and O–H groups in total. The topological polar surface area (TPSA) is 77.1 Å². The Hall–Kier alpha value is -2.37. The molecule has 0 aliphatic carbocycles. The van der Waals surface area contributed by atoms with E-state index in [0.717, 1.165) is 69.6 Å². The van der Waals surface area contributed by atoms with Gasteiger partial charge in [-0.2, -0.15) is 0 Å². The summed E-state index contributed by atoms with van der Waals surface area (Å²) in [5.41, 5.74) is 15.7. The minimum Gasteiger partial charge on any atom is -0.380 e. The molecule has 2 aliphatic heterocycles. The minimum atomic E-state index is -0.234. The summed E-state index contributed by atoms with van der Waals surface area (Å²) in [6.07, 6.45) is 9.91. The van der Waals surface area contributed by atoms with Gasteiger partial charge in [-0.1, -0.05) is 64.0 Å². The van der Waals surface area contributed by atoms with Gasteiger partial charge in [-0.05, 0) is 43.2 Å². The lowest BCUT2D eigenvalue weighted by atomic mass is 9.87. The Morgan fingerprint density at radius 1 is 1.19 bits per heavy atom. The first kappa shape index (κ1) is 26.7. The number of imidazole rings is 1. The van der Waals surface area contributed by atoms with Crippen molar-refractivity contribution >= 4 is 0 Å². The van der Waals surface area contributed by atoms with Crippen LogP contribution in [-0.4, -0.2) is 28.8 Å². The first-order chi connectivity index (χ1) is 17.6. The van der Waals surface area contributed by atoms with Crippen LogP contribution in [0.15, 0.2) is 42.3 Å². The Balaban J connectivity index is 1.51. The normalized spacial score (nSPS) is 21.2. The fourth-order valence-electron chi connectivity index (χ4n) is 5.53. The fraction of sp³-hybridized carbons (Fsp3) is 0.600. The summed E-state index contributed by atoms with van der Waals surface area (Å²) in [6, 6.07) is 9.24. The van der Waals surface area contributed by atoms with E-state index >= 15 is 0 Å². The number of hydrogen-bond donors (Lipinski definition) is 3. The number of aromatic nitrogens is 2. The fourth-order valence-corrected chi connectivity index (χ4v) is 5.53. The molecule has 0 amide bonds. The molecule has 3 heterocycles. The highest BCUT2D eigenvalue weighted by Crippen LogP contribution is 2.37. The van der Waals surface area contributed by atoms with Crippen LogP contribution in [0.2, 0.25) is 0 Å². The molecule has 2 unspecified atom stereocenters. The summed E-state index contributed by atoms with van der Waals surface area (Å²) in [4.78, 5) is 5.10. The zero-order valence-electron chi connectivity index (χ0n) is 22.3. The van der Waals surface area contributed by atoms with E-state index < -0.39 is 0 Å². The van der Waals surface area contributed by atoms with E-state index in [1.54, 1.807) is 0 Å². The molecule has 6 heteroatoms. The first-order valence-electron chi connectivity index (χ1n) is 14.0. The number of allylic oxidation sites excluding steroid dienone is 1. The van der Waals surface area contributed by atoms with E-state index in [4.69, 9.17) is 15.5 Å². The van der Waals surface area contributed by atoms with Crippen LogP contribution < -0.4 is 16.4 Å². The molecule has 0 saturated carbocycles. The van der Waals surface area contributed by atoms with Crippen molar-refractivity contribution in [3.63, 3.8) is 0 Å². The van der Waals surface area contributed by atoms with Crippen LogP contribution in [0, 0.1) is 0 Å². The molecule has 2 aliphatic rings. The molecule has 4 rings (SSSR count). The Morgan fingerprint density at radius 2 is 1.97 bits per heavy atom. The number of unbranched alkanes of at least 4 members (excludes halogenated alkanes) is 3. The third-order valence-electron chi connectivity index (χ3n) is 7.61. The van der Waals surface area contributed by atoms with Crippen LogP contribution >= 0.6 is 0 Å². The molecule has 0 radical (unpaired) electrons. The maximum atomic E-state index is 6.57. The zero-order valence-corrected chi connectivity index (χ0v) is 22.3. The second kappa shape index (κ2) is 13.3. The predicted molar refractivity (Wildman–Crippen MR) is 147 cm³/mol. The lowest BCUT2D eigenvalue weighted by Crippen LogP contribution is -2.48. The third kappa shape index (κ3) is 6.49. The quantitative estimate of drug-likeness (QED) is 0.272. The van der Waals surface area contributed by atoms with E-state index in [9.17, 15) is 0 Å². The molecule has 1 fully saturated rings. The summed E-state index contributed by atoms with van der Waals surface area (Å²) >= 11 is 0. The van der Waals surface area contributed by atoms with Crippen LogP contribution in [-0.2, 0) is 24.2 Å². The van der Waals surface area contributed by atoms with Gasteiger partial charge in [-0.15, -0.1) is 5.73 Å². The Morgan fingerprint density at radius 3 is 2.72 bits per heavy atom. The second-order valence-electron chi connectivity index (χ2n) is 10.3. The molecule has 6 nitrogen and oxygen atoms in total. The van der Waals surface area contributed by atoms with Crippen molar-refractivity contribution in [1.29, 1.82) is 0 Å².